The molecule has 2 rings (SSSR count). The summed E-state index contributed by atoms with van der Waals surface area (Å²) in [7, 11) is 0. The molecule has 1 aromatic rings. The smallest absolute Gasteiger partial charge is 0.138 e. The van der Waals surface area contributed by atoms with Crippen LogP contribution in [0.5, 0.6) is 0 Å². The zero-order valence-corrected chi connectivity index (χ0v) is 12.9. The van der Waals surface area contributed by atoms with Gasteiger partial charge in [0, 0.05) is 17.5 Å². The van der Waals surface area contributed by atoms with Gasteiger partial charge in [0.15, 0.2) is 0 Å². The molecule has 0 spiro atoms. The van der Waals surface area contributed by atoms with Gasteiger partial charge in [-0.05, 0) is 32.4 Å². The highest BCUT2D eigenvalue weighted by Crippen LogP contribution is 2.29. The molecule has 1 aromatic heterocycles. The number of hydrogen-bond acceptors (Lipinski definition) is 4. The Bertz CT molecular complexity index is 389. The maximum Gasteiger partial charge on any atom is 0.138 e. The number of thioether (sulfide) groups is 1. The Morgan fingerprint density at radius 1 is 1.26 bits per heavy atom. The first-order chi connectivity index (χ1) is 9.28. The summed E-state index contributed by atoms with van der Waals surface area (Å²) in [6.45, 7) is 6.01. The molecule has 1 aliphatic rings. The number of rotatable bonds is 6. The molecular weight excluding hydrogens is 254 g/mol. The average molecular weight is 279 g/mol. The van der Waals surface area contributed by atoms with Crippen molar-refractivity contribution in [1.29, 1.82) is 0 Å². The molecule has 0 atom stereocenters. The van der Waals surface area contributed by atoms with Gasteiger partial charge in [-0.3, -0.25) is 0 Å². The summed E-state index contributed by atoms with van der Waals surface area (Å²) in [4.78, 5) is 9.23. The summed E-state index contributed by atoms with van der Waals surface area (Å²) in [5, 5.41) is 4.16. The summed E-state index contributed by atoms with van der Waals surface area (Å²) in [5.41, 5.74) is 2.20. The van der Waals surface area contributed by atoms with Crippen LogP contribution >= 0.6 is 11.8 Å². The Morgan fingerprint density at radius 2 is 2.05 bits per heavy atom. The summed E-state index contributed by atoms with van der Waals surface area (Å²) in [6, 6.07) is 2.08. The van der Waals surface area contributed by atoms with Crippen molar-refractivity contribution in [1.82, 2.24) is 15.3 Å². The second-order valence-corrected chi connectivity index (χ2v) is 6.56. The Labute approximate surface area is 121 Å². The van der Waals surface area contributed by atoms with Gasteiger partial charge in [-0.25, -0.2) is 9.97 Å². The molecule has 1 fully saturated rings. The second-order valence-electron chi connectivity index (χ2n) is 5.27. The topological polar surface area (TPSA) is 37.8 Å². The van der Waals surface area contributed by atoms with Crippen LogP contribution in [0.25, 0.3) is 0 Å². The summed E-state index contributed by atoms with van der Waals surface area (Å²) in [5.74, 6) is 1.97. The molecule has 19 heavy (non-hydrogen) atoms. The molecule has 0 aromatic carbocycles. The molecule has 1 aliphatic carbocycles. The van der Waals surface area contributed by atoms with Crippen molar-refractivity contribution in [3.8, 4) is 0 Å². The van der Waals surface area contributed by atoms with Crippen LogP contribution in [0.2, 0.25) is 0 Å². The van der Waals surface area contributed by atoms with Crippen LogP contribution < -0.4 is 5.32 Å². The lowest BCUT2D eigenvalue weighted by Gasteiger charge is -2.20. The Hall–Kier alpha value is -0.610. The predicted octanol–water partition coefficient (Wildman–Crippen LogP) is 3.46. The fraction of sp³-hybridized carbons (Fsp3) is 0.733. The van der Waals surface area contributed by atoms with Gasteiger partial charge in [0.25, 0.3) is 0 Å². The summed E-state index contributed by atoms with van der Waals surface area (Å²) < 4.78 is 0. The Kier molecular flexibility index (Phi) is 6.11. The van der Waals surface area contributed by atoms with Crippen LogP contribution in [-0.4, -0.2) is 21.8 Å². The van der Waals surface area contributed by atoms with E-state index in [-0.39, 0.29) is 0 Å². The number of nitrogens with one attached hydrogen (secondary N) is 1. The first-order valence-corrected chi connectivity index (χ1v) is 8.48. The Morgan fingerprint density at radius 3 is 2.79 bits per heavy atom. The second kappa shape index (κ2) is 7.85. The highest BCUT2D eigenvalue weighted by molar-refractivity contribution is 7.99. The molecule has 1 heterocycles. The third-order valence-electron chi connectivity index (χ3n) is 3.51. The molecule has 0 saturated heterocycles. The van der Waals surface area contributed by atoms with Gasteiger partial charge in [-0.2, -0.15) is 11.8 Å². The van der Waals surface area contributed by atoms with Crippen molar-refractivity contribution >= 4 is 11.8 Å². The lowest BCUT2D eigenvalue weighted by molar-refractivity contribution is 0.516. The van der Waals surface area contributed by atoms with E-state index in [1.54, 1.807) is 0 Å². The fourth-order valence-corrected chi connectivity index (χ4v) is 3.71. The van der Waals surface area contributed by atoms with Gasteiger partial charge in [0.2, 0.25) is 0 Å². The van der Waals surface area contributed by atoms with E-state index in [0.29, 0.717) is 0 Å². The van der Waals surface area contributed by atoms with E-state index in [1.807, 2.05) is 11.8 Å². The average Bonchev–Trinajstić information content (AvgIpc) is 2.43. The van der Waals surface area contributed by atoms with Gasteiger partial charge in [-0.15, -0.1) is 0 Å². The summed E-state index contributed by atoms with van der Waals surface area (Å²) in [6.07, 6.45) is 6.97. The normalized spacial score (nSPS) is 16.7. The SMILES string of the molecule is CCNCc1cc(C)nc(CSC2CCCCC2)n1. The van der Waals surface area contributed by atoms with Crippen LogP contribution in [-0.2, 0) is 12.3 Å². The molecule has 0 bridgehead atoms. The van der Waals surface area contributed by atoms with E-state index in [0.717, 1.165) is 41.3 Å². The zero-order chi connectivity index (χ0) is 13.5. The number of aromatic nitrogens is 2. The largest absolute Gasteiger partial charge is 0.311 e. The van der Waals surface area contributed by atoms with Gasteiger partial charge >= 0.3 is 0 Å². The maximum absolute atomic E-state index is 4.66. The zero-order valence-electron chi connectivity index (χ0n) is 12.1. The van der Waals surface area contributed by atoms with Crippen molar-refractivity contribution in [2.45, 2.75) is 63.5 Å². The Balaban J connectivity index is 1.89. The van der Waals surface area contributed by atoms with Gasteiger partial charge in [-0.1, -0.05) is 26.2 Å². The molecule has 4 heteroatoms. The molecule has 1 saturated carbocycles. The molecule has 0 radical (unpaired) electrons. The minimum atomic E-state index is 0.829. The van der Waals surface area contributed by atoms with Gasteiger partial charge < -0.3 is 5.32 Å². The third-order valence-corrected chi connectivity index (χ3v) is 4.88. The van der Waals surface area contributed by atoms with E-state index in [4.69, 9.17) is 0 Å². The number of aryl methyl sites for hydroxylation is 1. The van der Waals surface area contributed by atoms with Crippen LogP contribution in [0.15, 0.2) is 6.07 Å². The van der Waals surface area contributed by atoms with Crippen molar-refractivity contribution in [2.75, 3.05) is 6.54 Å². The van der Waals surface area contributed by atoms with Crippen LogP contribution in [0.4, 0.5) is 0 Å². The van der Waals surface area contributed by atoms with Crippen molar-refractivity contribution < 1.29 is 0 Å². The first kappa shape index (κ1) is 14.8. The highest BCUT2D eigenvalue weighted by Gasteiger charge is 2.14. The number of nitrogens with zero attached hydrogens (tertiary/aromatic N) is 2. The van der Waals surface area contributed by atoms with Crippen LogP contribution in [0.3, 0.4) is 0 Å². The van der Waals surface area contributed by atoms with Crippen LogP contribution in [0, 0.1) is 6.92 Å². The molecule has 0 aliphatic heterocycles. The first-order valence-electron chi connectivity index (χ1n) is 7.43. The number of hydrogen-bond donors (Lipinski definition) is 1. The standard InChI is InChI=1S/C15H25N3S/c1-3-16-10-13-9-12(2)17-15(18-13)11-19-14-7-5-4-6-8-14/h9,14,16H,3-8,10-11H2,1-2H3. The minimum absolute atomic E-state index is 0.829. The molecule has 0 unspecified atom stereocenters. The van der Waals surface area contributed by atoms with Crippen molar-refractivity contribution in [2.24, 2.45) is 0 Å². The predicted molar refractivity (Wildman–Crippen MR) is 82.3 cm³/mol. The lowest BCUT2D eigenvalue weighted by atomic mass is 10.0. The third kappa shape index (κ3) is 5.11. The maximum atomic E-state index is 4.66. The van der Waals surface area contributed by atoms with E-state index in [2.05, 4.69) is 35.2 Å². The van der Waals surface area contributed by atoms with Crippen molar-refractivity contribution in [3.63, 3.8) is 0 Å². The fourth-order valence-electron chi connectivity index (χ4n) is 2.53. The van der Waals surface area contributed by atoms with E-state index < -0.39 is 0 Å². The molecule has 0 amide bonds. The van der Waals surface area contributed by atoms with E-state index >= 15 is 0 Å². The summed E-state index contributed by atoms with van der Waals surface area (Å²) >= 11 is 2.05. The molecule has 106 valence electrons. The van der Waals surface area contributed by atoms with E-state index in [9.17, 15) is 0 Å². The minimum Gasteiger partial charge on any atom is -0.311 e. The van der Waals surface area contributed by atoms with Crippen LogP contribution in [0.1, 0.15) is 56.2 Å². The quantitative estimate of drug-likeness (QED) is 0.865. The monoisotopic (exact) mass is 279 g/mol. The van der Waals surface area contributed by atoms with E-state index in [1.165, 1.54) is 32.1 Å². The van der Waals surface area contributed by atoms with Gasteiger partial charge in [0.1, 0.15) is 5.82 Å². The van der Waals surface area contributed by atoms with Crippen molar-refractivity contribution in [3.05, 3.63) is 23.3 Å². The molecule has 3 nitrogen and oxygen atoms in total. The van der Waals surface area contributed by atoms with Gasteiger partial charge in [0.05, 0.1) is 11.4 Å². The molecule has 1 N–H and O–H groups in total. The molecular formula is C15H25N3S. The highest BCUT2D eigenvalue weighted by atomic mass is 32.2. The lowest BCUT2D eigenvalue weighted by Crippen LogP contribution is -2.14.